The number of allylic oxidation sites excluding steroid dienone is 2. The Balaban J connectivity index is 1.85. The van der Waals surface area contributed by atoms with Crippen molar-refractivity contribution in [3.8, 4) is 11.5 Å². The molecule has 2 rings (SSSR count). The van der Waals surface area contributed by atoms with Crippen LogP contribution in [0, 0.1) is 18.8 Å². The van der Waals surface area contributed by atoms with Crippen molar-refractivity contribution in [3.05, 3.63) is 33.9 Å². The summed E-state index contributed by atoms with van der Waals surface area (Å²) in [6.45, 7) is 11.5. The number of carbonyl (C=O) groups is 6. The first-order valence-corrected chi connectivity index (χ1v) is 19.0. The molecule has 3 atom stereocenters. The van der Waals surface area contributed by atoms with E-state index in [0.717, 1.165) is 49.7 Å². The molecule has 55 heavy (non-hydrogen) atoms. The molecule has 0 saturated carbocycles. The fourth-order valence-corrected chi connectivity index (χ4v) is 6.23. The highest BCUT2D eigenvalue weighted by molar-refractivity contribution is 5.98. The topological polar surface area (TPSA) is 176 Å². The molecular formula is C41H60O14. The van der Waals surface area contributed by atoms with Gasteiger partial charge < -0.3 is 37.9 Å². The highest BCUT2D eigenvalue weighted by atomic mass is 16.7. The van der Waals surface area contributed by atoms with E-state index in [0.29, 0.717) is 35.3 Å². The van der Waals surface area contributed by atoms with Crippen molar-refractivity contribution in [1.29, 1.82) is 0 Å². The molecule has 0 bridgehead atoms. The number of carbonyl (C=O) groups excluding carboxylic acids is 6. The molecule has 1 aliphatic rings. The molecule has 0 N–H and O–H groups in total. The molecule has 14 heteroatoms. The molecule has 0 saturated heterocycles. The van der Waals surface area contributed by atoms with Crippen molar-refractivity contribution in [2.24, 2.45) is 11.8 Å². The monoisotopic (exact) mass is 776 g/mol. The van der Waals surface area contributed by atoms with Gasteiger partial charge in [-0.15, -0.1) is 0 Å². The van der Waals surface area contributed by atoms with Gasteiger partial charge in [0, 0.05) is 51.2 Å². The van der Waals surface area contributed by atoms with Gasteiger partial charge in [-0.05, 0) is 44.1 Å². The van der Waals surface area contributed by atoms with E-state index in [1.54, 1.807) is 14.0 Å². The lowest BCUT2D eigenvalue weighted by Crippen LogP contribution is -2.30. The molecule has 3 unspecified atom stereocenters. The van der Waals surface area contributed by atoms with Crippen LogP contribution in [0.15, 0.2) is 11.6 Å². The second-order valence-corrected chi connectivity index (χ2v) is 14.2. The summed E-state index contributed by atoms with van der Waals surface area (Å²) in [7, 11) is 2.89. The molecule has 1 aromatic rings. The average molecular weight is 777 g/mol. The molecule has 0 fully saturated rings. The van der Waals surface area contributed by atoms with Gasteiger partial charge in [-0.3, -0.25) is 24.0 Å². The molecule has 1 aliphatic heterocycles. The molecule has 1 heterocycles. The van der Waals surface area contributed by atoms with Gasteiger partial charge in [0.1, 0.15) is 36.9 Å². The van der Waals surface area contributed by atoms with Crippen LogP contribution in [0.3, 0.4) is 0 Å². The van der Waals surface area contributed by atoms with Crippen molar-refractivity contribution in [2.75, 3.05) is 27.4 Å². The maximum absolute atomic E-state index is 12.9. The molecule has 1 aromatic carbocycles. The van der Waals surface area contributed by atoms with Crippen LogP contribution in [0.5, 0.6) is 11.5 Å². The van der Waals surface area contributed by atoms with E-state index >= 15 is 0 Å². The zero-order chi connectivity index (χ0) is 41.1. The Hall–Kier alpha value is -4.62. The molecule has 0 spiro atoms. The van der Waals surface area contributed by atoms with Crippen molar-refractivity contribution in [2.45, 2.75) is 138 Å². The molecule has 14 nitrogen and oxygen atoms in total. The SMILES string of the molecule is COC(=O)CC/C(C)=C/Cc1c(OC)c(C)c2c(c1OC(C)OC(=O)CC(C)CCCCCCC(C)CC(=O)OC(COC(C)=O)COC(C)=O)C(=O)OC2. The van der Waals surface area contributed by atoms with Gasteiger partial charge >= 0.3 is 35.8 Å². The number of benzene rings is 1. The first-order valence-electron chi connectivity index (χ1n) is 19.0. The van der Waals surface area contributed by atoms with E-state index in [1.807, 2.05) is 33.8 Å². The van der Waals surface area contributed by atoms with Crippen LogP contribution in [0.1, 0.15) is 133 Å². The number of rotatable bonds is 25. The highest BCUT2D eigenvalue weighted by Gasteiger charge is 2.34. The van der Waals surface area contributed by atoms with E-state index in [-0.39, 0.29) is 62.6 Å². The Morgan fingerprint density at radius 1 is 0.764 bits per heavy atom. The van der Waals surface area contributed by atoms with Gasteiger partial charge in [0.05, 0.1) is 14.2 Å². The maximum Gasteiger partial charge on any atom is 0.342 e. The first-order chi connectivity index (χ1) is 26.1. The zero-order valence-electron chi connectivity index (χ0n) is 34.0. The minimum Gasteiger partial charge on any atom is -0.496 e. The van der Waals surface area contributed by atoms with Gasteiger partial charge in [-0.25, -0.2) is 4.79 Å². The second kappa shape index (κ2) is 24.0. The quantitative estimate of drug-likeness (QED) is 0.0333. The Morgan fingerprint density at radius 3 is 1.85 bits per heavy atom. The van der Waals surface area contributed by atoms with E-state index < -0.39 is 42.2 Å². The summed E-state index contributed by atoms with van der Waals surface area (Å²) in [5.74, 6) is -1.78. The van der Waals surface area contributed by atoms with E-state index in [2.05, 4.69) is 0 Å². The van der Waals surface area contributed by atoms with Gasteiger partial charge in [0.25, 0.3) is 0 Å². The number of fused-ring (bicyclic) bond motifs is 1. The third-order valence-electron chi connectivity index (χ3n) is 9.23. The van der Waals surface area contributed by atoms with Crippen molar-refractivity contribution in [1.82, 2.24) is 0 Å². The molecule has 0 radical (unpaired) electrons. The number of hydrogen-bond donors (Lipinski definition) is 0. The summed E-state index contributed by atoms with van der Waals surface area (Å²) in [6.07, 6.45) is 7.03. The maximum atomic E-state index is 12.9. The Bertz CT molecular complexity index is 1490. The summed E-state index contributed by atoms with van der Waals surface area (Å²) < 4.78 is 42.9. The highest BCUT2D eigenvalue weighted by Crippen LogP contribution is 2.43. The Labute approximate surface area is 324 Å². The third kappa shape index (κ3) is 16.7. The Kier molecular flexibility index (Phi) is 20.3. The fraction of sp³-hybridized carbons (Fsp3) is 0.659. The minimum atomic E-state index is -0.999. The summed E-state index contributed by atoms with van der Waals surface area (Å²) in [5, 5.41) is 0. The summed E-state index contributed by atoms with van der Waals surface area (Å²) >= 11 is 0. The minimum absolute atomic E-state index is 0.0765. The predicted octanol–water partition coefficient (Wildman–Crippen LogP) is 6.82. The lowest BCUT2D eigenvalue weighted by molar-refractivity contribution is -0.166. The average Bonchev–Trinajstić information content (AvgIpc) is 3.51. The predicted molar refractivity (Wildman–Crippen MR) is 200 cm³/mol. The molecular weight excluding hydrogens is 716 g/mol. The van der Waals surface area contributed by atoms with Crippen LogP contribution < -0.4 is 9.47 Å². The van der Waals surface area contributed by atoms with Crippen LogP contribution in [0.2, 0.25) is 0 Å². The third-order valence-corrected chi connectivity index (χ3v) is 9.23. The van der Waals surface area contributed by atoms with E-state index in [9.17, 15) is 28.8 Å². The molecule has 308 valence electrons. The van der Waals surface area contributed by atoms with Crippen LogP contribution >= 0.6 is 0 Å². The van der Waals surface area contributed by atoms with Crippen LogP contribution in [0.4, 0.5) is 0 Å². The first kappa shape index (κ1) is 46.5. The number of hydrogen-bond acceptors (Lipinski definition) is 14. The second-order valence-electron chi connectivity index (χ2n) is 14.2. The van der Waals surface area contributed by atoms with Gasteiger partial charge in [-0.1, -0.05) is 64.0 Å². The zero-order valence-corrected chi connectivity index (χ0v) is 34.0. The van der Waals surface area contributed by atoms with Crippen molar-refractivity contribution >= 4 is 35.8 Å². The molecule has 0 aromatic heterocycles. The lowest BCUT2D eigenvalue weighted by atomic mass is 9.94. The van der Waals surface area contributed by atoms with Crippen LogP contribution in [0.25, 0.3) is 0 Å². The summed E-state index contributed by atoms with van der Waals surface area (Å²) in [5.41, 5.74) is 3.28. The largest absolute Gasteiger partial charge is 0.496 e. The number of ether oxygens (including phenoxy) is 8. The lowest BCUT2D eigenvalue weighted by Gasteiger charge is -2.23. The van der Waals surface area contributed by atoms with Gasteiger partial charge in [0.2, 0.25) is 6.29 Å². The van der Waals surface area contributed by atoms with Gasteiger partial charge in [-0.2, -0.15) is 0 Å². The summed E-state index contributed by atoms with van der Waals surface area (Å²) in [4.78, 5) is 72.1. The fourth-order valence-electron chi connectivity index (χ4n) is 6.23. The van der Waals surface area contributed by atoms with Crippen LogP contribution in [-0.2, 0) is 65.4 Å². The molecule has 0 aliphatic carbocycles. The van der Waals surface area contributed by atoms with Crippen LogP contribution in [-0.4, -0.2) is 75.6 Å². The normalized spacial score (nSPS) is 13.9. The number of methoxy groups -OCH3 is 2. The van der Waals surface area contributed by atoms with Crippen molar-refractivity contribution in [3.63, 3.8) is 0 Å². The smallest absolute Gasteiger partial charge is 0.342 e. The van der Waals surface area contributed by atoms with Crippen molar-refractivity contribution < 1.29 is 66.7 Å². The summed E-state index contributed by atoms with van der Waals surface area (Å²) in [6, 6.07) is 0. The number of esters is 6. The Morgan fingerprint density at radius 2 is 1.33 bits per heavy atom. The van der Waals surface area contributed by atoms with Gasteiger partial charge in [0.15, 0.2) is 6.10 Å². The standard InChI is InChI=1S/C41H60O14/c1-25(17-19-35(44)48-8)16-18-33-39(49-9)28(4)34-24-52-41(47)38(34)40(33)54-31(7)53-36(45)20-26(2)14-12-10-11-13-15-27(3)21-37(46)55-32(22-50-29(5)42)23-51-30(6)43/h16,26-27,31-32H,10-15,17-24H2,1-9H3/b25-16+. The number of unbranched alkanes of at least 4 members (excludes halogenated alkanes) is 3. The molecule has 0 amide bonds. The number of cyclic esters (lactones) is 1. The van der Waals surface area contributed by atoms with E-state index in [4.69, 9.17) is 37.9 Å². The van der Waals surface area contributed by atoms with E-state index in [1.165, 1.54) is 21.0 Å².